The number of nitrogens with one attached hydrogen (secondary N) is 2. The van der Waals surface area contributed by atoms with Crippen LogP contribution in [0.15, 0.2) is 72.8 Å². The van der Waals surface area contributed by atoms with Crippen molar-refractivity contribution in [2.75, 3.05) is 10.6 Å². The van der Waals surface area contributed by atoms with Crippen molar-refractivity contribution in [3.63, 3.8) is 0 Å². The van der Waals surface area contributed by atoms with E-state index in [0.29, 0.717) is 16.9 Å². The lowest BCUT2D eigenvalue weighted by Crippen LogP contribution is -2.18. The molecule has 0 aliphatic heterocycles. The molecule has 0 saturated carbocycles. The normalized spacial score (nSPS) is 10.2. The Bertz CT molecular complexity index is 969. The van der Waals surface area contributed by atoms with E-state index in [9.17, 15) is 14.0 Å². The lowest BCUT2D eigenvalue weighted by atomic mass is 10.1. The van der Waals surface area contributed by atoms with Crippen LogP contribution in [0.4, 0.5) is 15.8 Å². The van der Waals surface area contributed by atoms with E-state index < -0.39 is 11.7 Å². The molecule has 3 rings (SSSR count). The quantitative estimate of drug-likeness (QED) is 0.722. The van der Waals surface area contributed by atoms with Crippen LogP contribution in [0, 0.1) is 12.7 Å². The molecule has 2 amide bonds. The van der Waals surface area contributed by atoms with E-state index >= 15 is 0 Å². The van der Waals surface area contributed by atoms with Crippen LogP contribution in [0.25, 0.3) is 0 Å². The lowest BCUT2D eigenvalue weighted by molar-refractivity contribution is 0.102. The van der Waals surface area contributed by atoms with E-state index in [1.54, 1.807) is 30.3 Å². The van der Waals surface area contributed by atoms with Crippen LogP contribution in [0.5, 0.6) is 0 Å². The van der Waals surface area contributed by atoms with Crippen molar-refractivity contribution in [2.24, 2.45) is 0 Å². The van der Waals surface area contributed by atoms with Gasteiger partial charge in [0, 0.05) is 11.3 Å². The average molecular weight is 348 g/mol. The molecule has 0 unspecified atom stereocenters. The number of anilines is 2. The largest absolute Gasteiger partial charge is 0.322 e. The molecule has 0 aliphatic rings. The van der Waals surface area contributed by atoms with Gasteiger partial charge >= 0.3 is 0 Å². The molecular weight excluding hydrogens is 331 g/mol. The second-order valence-electron chi connectivity index (χ2n) is 5.83. The number of carbonyl (C=O) groups is 2. The Morgan fingerprint density at radius 2 is 1.58 bits per heavy atom. The highest BCUT2D eigenvalue weighted by Crippen LogP contribution is 2.19. The maximum atomic E-state index is 13.3. The smallest absolute Gasteiger partial charge is 0.257 e. The third-order valence-electron chi connectivity index (χ3n) is 3.78. The van der Waals surface area contributed by atoms with Crippen molar-refractivity contribution in [1.29, 1.82) is 0 Å². The molecule has 0 aromatic heterocycles. The van der Waals surface area contributed by atoms with Crippen LogP contribution in [0.3, 0.4) is 0 Å². The van der Waals surface area contributed by atoms with Crippen molar-refractivity contribution in [3.8, 4) is 0 Å². The van der Waals surface area contributed by atoms with Gasteiger partial charge < -0.3 is 10.6 Å². The predicted octanol–water partition coefficient (Wildman–Crippen LogP) is 4.64. The lowest BCUT2D eigenvalue weighted by Gasteiger charge is -2.12. The molecule has 0 fully saturated rings. The molecule has 0 aliphatic carbocycles. The van der Waals surface area contributed by atoms with Gasteiger partial charge in [-0.15, -0.1) is 0 Å². The summed E-state index contributed by atoms with van der Waals surface area (Å²) in [6, 6.07) is 19.5. The SMILES string of the molecule is Cc1cccc(NC(=O)c2ccccc2NC(=O)c2cccc(F)c2)c1. The van der Waals surface area contributed by atoms with Crippen molar-refractivity contribution in [1.82, 2.24) is 0 Å². The van der Waals surface area contributed by atoms with Crippen molar-refractivity contribution in [3.05, 3.63) is 95.3 Å². The van der Waals surface area contributed by atoms with Crippen LogP contribution in [-0.4, -0.2) is 11.8 Å². The summed E-state index contributed by atoms with van der Waals surface area (Å²) in [5, 5.41) is 5.48. The summed E-state index contributed by atoms with van der Waals surface area (Å²) in [5.41, 5.74) is 2.54. The number of carbonyl (C=O) groups excluding carboxylic acids is 2. The summed E-state index contributed by atoms with van der Waals surface area (Å²) in [4.78, 5) is 24.9. The van der Waals surface area contributed by atoms with E-state index in [0.717, 1.165) is 11.6 Å². The van der Waals surface area contributed by atoms with Gasteiger partial charge in [-0.1, -0.05) is 30.3 Å². The number of benzene rings is 3. The highest BCUT2D eigenvalue weighted by molar-refractivity contribution is 6.12. The Balaban J connectivity index is 1.81. The predicted molar refractivity (Wildman–Crippen MR) is 99.9 cm³/mol. The molecule has 3 aromatic rings. The van der Waals surface area contributed by atoms with Gasteiger partial charge in [0.1, 0.15) is 5.82 Å². The summed E-state index contributed by atoms with van der Waals surface area (Å²) < 4.78 is 13.3. The zero-order chi connectivity index (χ0) is 18.5. The van der Waals surface area contributed by atoms with E-state index in [-0.39, 0.29) is 11.5 Å². The fourth-order valence-electron chi connectivity index (χ4n) is 2.54. The van der Waals surface area contributed by atoms with Gasteiger partial charge in [-0.05, 0) is 55.0 Å². The van der Waals surface area contributed by atoms with Gasteiger partial charge in [-0.2, -0.15) is 0 Å². The van der Waals surface area contributed by atoms with Gasteiger partial charge in [0.05, 0.1) is 11.3 Å². The summed E-state index contributed by atoms with van der Waals surface area (Å²) >= 11 is 0. The molecule has 0 radical (unpaired) electrons. The number of halogens is 1. The Morgan fingerprint density at radius 1 is 0.808 bits per heavy atom. The van der Waals surface area contributed by atoms with Crippen LogP contribution < -0.4 is 10.6 Å². The molecular formula is C21H17FN2O2. The van der Waals surface area contributed by atoms with Gasteiger partial charge in [-0.25, -0.2) is 4.39 Å². The summed E-state index contributed by atoms with van der Waals surface area (Å²) in [7, 11) is 0. The van der Waals surface area contributed by atoms with E-state index in [2.05, 4.69) is 10.6 Å². The maximum Gasteiger partial charge on any atom is 0.257 e. The molecule has 5 heteroatoms. The number of hydrogen-bond acceptors (Lipinski definition) is 2. The second kappa shape index (κ2) is 7.61. The molecule has 0 bridgehead atoms. The highest BCUT2D eigenvalue weighted by atomic mass is 19.1. The first-order valence-corrected chi connectivity index (χ1v) is 8.07. The minimum absolute atomic E-state index is 0.180. The molecule has 0 heterocycles. The Morgan fingerprint density at radius 3 is 2.35 bits per heavy atom. The molecule has 0 spiro atoms. The fraction of sp³-hybridized carbons (Fsp3) is 0.0476. The van der Waals surface area contributed by atoms with Gasteiger partial charge in [0.25, 0.3) is 11.8 Å². The van der Waals surface area contributed by atoms with E-state index in [1.165, 1.54) is 18.2 Å². The average Bonchev–Trinajstić information content (AvgIpc) is 2.62. The molecule has 130 valence electrons. The topological polar surface area (TPSA) is 58.2 Å². The monoisotopic (exact) mass is 348 g/mol. The van der Waals surface area contributed by atoms with Crippen LogP contribution in [-0.2, 0) is 0 Å². The molecule has 4 nitrogen and oxygen atoms in total. The first kappa shape index (κ1) is 17.4. The molecule has 0 saturated heterocycles. The van der Waals surface area contributed by atoms with E-state index in [1.807, 2.05) is 25.1 Å². The molecule has 0 atom stereocenters. The number of aryl methyl sites for hydroxylation is 1. The zero-order valence-electron chi connectivity index (χ0n) is 14.1. The van der Waals surface area contributed by atoms with Crippen molar-refractivity contribution in [2.45, 2.75) is 6.92 Å². The number of hydrogen-bond donors (Lipinski definition) is 2. The number of para-hydroxylation sites is 1. The molecule has 3 aromatic carbocycles. The summed E-state index contributed by atoms with van der Waals surface area (Å²) in [6.45, 7) is 1.93. The van der Waals surface area contributed by atoms with Gasteiger partial charge in [0.15, 0.2) is 0 Å². The second-order valence-corrected chi connectivity index (χ2v) is 5.83. The Hall–Kier alpha value is -3.47. The Labute approximate surface area is 150 Å². The number of rotatable bonds is 4. The van der Waals surface area contributed by atoms with Gasteiger partial charge in [-0.3, -0.25) is 9.59 Å². The minimum Gasteiger partial charge on any atom is -0.322 e. The third-order valence-corrected chi connectivity index (χ3v) is 3.78. The van der Waals surface area contributed by atoms with Crippen LogP contribution in [0.2, 0.25) is 0 Å². The minimum atomic E-state index is -0.497. The third kappa shape index (κ3) is 4.13. The molecule has 26 heavy (non-hydrogen) atoms. The van der Waals surface area contributed by atoms with Crippen LogP contribution >= 0.6 is 0 Å². The van der Waals surface area contributed by atoms with Crippen LogP contribution in [0.1, 0.15) is 26.3 Å². The number of amides is 2. The Kier molecular flexibility index (Phi) is 5.08. The maximum absolute atomic E-state index is 13.3. The first-order valence-electron chi connectivity index (χ1n) is 8.07. The van der Waals surface area contributed by atoms with Crippen molar-refractivity contribution >= 4 is 23.2 Å². The fourth-order valence-corrected chi connectivity index (χ4v) is 2.54. The first-order chi connectivity index (χ1) is 12.5. The van der Waals surface area contributed by atoms with Gasteiger partial charge in [0.2, 0.25) is 0 Å². The zero-order valence-corrected chi connectivity index (χ0v) is 14.1. The standard InChI is InChI=1S/C21H17FN2O2/c1-14-6-4-9-17(12-14)23-21(26)18-10-2-3-11-19(18)24-20(25)15-7-5-8-16(22)13-15/h2-13H,1H3,(H,23,26)(H,24,25). The van der Waals surface area contributed by atoms with E-state index in [4.69, 9.17) is 0 Å². The highest BCUT2D eigenvalue weighted by Gasteiger charge is 2.14. The molecule has 2 N–H and O–H groups in total. The summed E-state index contributed by atoms with van der Waals surface area (Å²) in [5.74, 6) is -1.32. The summed E-state index contributed by atoms with van der Waals surface area (Å²) in [6.07, 6.45) is 0. The van der Waals surface area contributed by atoms with Crippen molar-refractivity contribution < 1.29 is 14.0 Å².